The molecule has 1 saturated carbocycles. The topological polar surface area (TPSA) is 49.3 Å². The van der Waals surface area contributed by atoms with Gasteiger partial charge >= 0.3 is 0 Å². The summed E-state index contributed by atoms with van der Waals surface area (Å²) in [6, 6.07) is 4.24. The Kier molecular flexibility index (Phi) is 3.61. The molecule has 1 fully saturated rings. The van der Waals surface area contributed by atoms with Gasteiger partial charge in [0.15, 0.2) is 0 Å². The molecule has 0 aliphatic heterocycles. The molecule has 2 N–H and O–H groups in total. The number of rotatable bonds is 5. The maximum Gasteiger partial charge on any atom is 0.223 e. The van der Waals surface area contributed by atoms with Crippen LogP contribution in [0.15, 0.2) is 12.1 Å². The highest BCUT2D eigenvalue weighted by Gasteiger charge is 2.44. The molecule has 1 aromatic heterocycles. The van der Waals surface area contributed by atoms with E-state index in [1.54, 1.807) is 11.3 Å². The van der Waals surface area contributed by atoms with Crippen molar-refractivity contribution in [1.82, 2.24) is 5.32 Å². The highest BCUT2D eigenvalue weighted by molar-refractivity contribution is 7.12. The normalized spacial score (nSPS) is 23.1. The second kappa shape index (κ2) is 4.97. The summed E-state index contributed by atoms with van der Waals surface area (Å²) in [5, 5.41) is 11.5. The van der Waals surface area contributed by atoms with Gasteiger partial charge in [-0.05, 0) is 31.9 Å². The van der Waals surface area contributed by atoms with Crippen LogP contribution in [0.5, 0.6) is 0 Å². The molecule has 0 spiro atoms. The number of aliphatic hydroxyl groups is 1. The van der Waals surface area contributed by atoms with Gasteiger partial charge in [0, 0.05) is 34.7 Å². The SMILES string of the molecule is Cc1ccc([C@@H]2C[C@@H]2C(=O)NCCCO)s1. The molecule has 0 unspecified atom stereocenters. The van der Waals surface area contributed by atoms with Crippen LogP contribution in [0.2, 0.25) is 0 Å². The molecule has 0 bridgehead atoms. The fourth-order valence-corrected chi connectivity index (χ4v) is 2.93. The van der Waals surface area contributed by atoms with Gasteiger partial charge in [0.1, 0.15) is 0 Å². The second-order valence-electron chi connectivity index (χ2n) is 4.27. The molecule has 0 aromatic carbocycles. The predicted molar refractivity (Wildman–Crippen MR) is 64.6 cm³/mol. The van der Waals surface area contributed by atoms with Crippen LogP contribution in [0.4, 0.5) is 0 Å². The molecule has 1 heterocycles. The van der Waals surface area contributed by atoms with E-state index in [-0.39, 0.29) is 18.4 Å². The van der Waals surface area contributed by atoms with Gasteiger partial charge in [-0.3, -0.25) is 4.79 Å². The average molecular weight is 239 g/mol. The first-order chi connectivity index (χ1) is 7.72. The molecule has 1 aromatic rings. The summed E-state index contributed by atoms with van der Waals surface area (Å²) < 4.78 is 0. The van der Waals surface area contributed by atoms with Gasteiger partial charge in [-0.1, -0.05) is 0 Å². The van der Waals surface area contributed by atoms with Crippen molar-refractivity contribution in [1.29, 1.82) is 0 Å². The summed E-state index contributed by atoms with van der Waals surface area (Å²) >= 11 is 1.79. The van der Waals surface area contributed by atoms with Gasteiger partial charge in [-0.25, -0.2) is 0 Å². The van der Waals surface area contributed by atoms with Crippen LogP contribution in [0.1, 0.15) is 28.5 Å². The Morgan fingerprint density at radius 3 is 3.06 bits per heavy atom. The first-order valence-corrected chi connectivity index (χ1v) is 6.49. The summed E-state index contributed by atoms with van der Waals surface area (Å²) in [5.41, 5.74) is 0. The van der Waals surface area contributed by atoms with Crippen LogP contribution < -0.4 is 5.32 Å². The average Bonchev–Trinajstić information content (AvgIpc) is 2.95. The van der Waals surface area contributed by atoms with Crippen molar-refractivity contribution in [3.8, 4) is 0 Å². The van der Waals surface area contributed by atoms with Crippen molar-refractivity contribution in [3.63, 3.8) is 0 Å². The number of amides is 1. The molecule has 0 saturated heterocycles. The number of carbonyl (C=O) groups is 1. The third-order valence-corrected chi connectivity index (χ3v) is 4.02. The number of aryl methyl sites for hydroxylation is 1. The lowest BCUT2D eigenvalue weighted by atomic mass is 10.2. The lowest BCUT2D eigenvalue weighted by molar-refractivity contribution is -0.122. The number of thiophene rings is 1. The molecule has 88 valence electrons. The Labute approximate surface area is 99.5 Å². The van der Waals surface area contributed by atoms with Crippen LogP contribution in [-0.2, 0) is 4.79 Å². The van der Waals surface area contributed by atoms with Crippen molar-refractivity contribution >= 4 is 17.2 Å². The first kappa shape index (κ1) is 11.6. The Balaban J connectivity index is 1.80. The molecular formula is C12H17NO2S. The third-order valence-electron chi connectivity index (χ3n) is 2.89. The maximum absolute atomic E-state index is 11.7. The minimum Gasteiger partial charge on any atom is -0.396 e. The van der Waals surface area contributed by atoms with Crippen molar-refractivity contribution < 1.29 is 9.90 Å². The van der Waals surface area contributed by atoms with E-state index < -0.39 is 0 Å². The van der Waals surface area contributed by atoms with Crippen LogP contribution in [-0.4, -0.2) is 24.2 Å². The van der Waals surface area contributed by atoms with Crippen molar-refractivity contribution in [2.45, 2.75) is 25.7 Å². The van der Waals surface area contributed by atoms with E-state index in [1.807, 2.05) is 0 Å². The van der Waals surface area contributed by atoms with E-state index in [0.717, 1.165) is 6.42 Å². The molecule has 3 nitrogen and oxygen atoms in total. The van der Waals surface area contributed by atoms with Crippen LogP contribution in [0.3, 0.4) is 0 Å². The van der Waals surface area contributed by atoms with Crippen LogP contribution in [0, 0.1) is 12.8 Å². The minimum atomic E-state index is 0.137. The van der Waals surface area contributed by atoms with Crippen molar-refractivity contribution in [2.24, 2.45) is 5.92 Å². The van der Waals surface area contributed by atoms with Crippen molar-refractivity contribution in [3.05, 3.63) is 21.9 Å². The molecule has 1 aliphatic carbocycles. The zero-order chi connectivity index (χ0) is 11.5. The zero-order valence-electron chi connectivity index (χ0n) is 9.40. The summed E-state index contributed by atoms with van der Waals surface area (Å²) in [7, 11) is 0. The zero-order valence-corrected chi connectivity index (χ0v) is 10.2. The summed E-state index contributed by atoms with van der Waals surface area (Å²) in [5.74, 6) is 0.745. The van der Waals surface area contributed by atoms with E-state index in [9.17, 15) is 4.79 Å². The van der Waals surface area contributed by atoms with E-state index >= 15 is 0 Å². The van der Waals surface area contributed by atoms with Gasteiger partial charge in [0.2, 0.25) is 5.91 Å². The summed E-state index contributed by atoms with van der Waals surface area (Å²) in [4.78, 5) is 14.3. The van der Waals surface area contributed by atoms with Crippen LogP contribution in [0.25, 0.3) is 0 Å². The molecule has 2 atom stereocenters. The number of hydrogen-bond donors (Lipinski definition) is 2. The fourth-order valence-electron chi connectivity index (χ4n) is 1.87. The van der Waals surface area contributed by atoms with Gasteiger partial charge in [0.25, 0.3) is 0 Å². The van der Waals surface area contributed by atoms with Crippen LogP contribution >= 0.6 is 11.3 Å². The van der Waals surface area contributed by atoms with Crippen molar-refractivity contribution in [2.75, 3.05) is 13.2 Å². The minimum absolute atomic E-state index is 0.137. The molecular weight excluding hydrogens is 222 g/mol. The summed E-state index contributed by atoms with van der Waals surface area (Å²) in [6.07, 6.45) is 1.62. The molecule has 4 heteroatoms. The van der Waals surface area contributed by atoms with Gasteiger partial charge in [0.05, 0.1) is 0 Å². The lowest BCUT2D eigenvalue weighted by Gasteiger charge is -2.02. The second-order valence-corrected chi connectivity index (χ2v) is 5.58. The predicted octanol–water partition coefficient (Wildman–Crippen LogP) is 1.66. The number of hydrogen-bond acceptors (Lipinski definition) is 3. The quantitative estimate of drug-likeness (QED) is 0.768. The molecule has 0 radical (unpaired) electrons. The van der Waals surface area contributed by atoms with E-state index in [4.69, 9.17) is 5.11 Å². The standard InChI is InChI=1S/C12H17NO2S/c1-8-3-4-11(16-8)9-7-10(9)12(15)13-5-2-6-14/h3-4,9-10,14H,2,5-7H2,1H3,(H,13,15)/t9-,10+/m1/s1. The Hall–Kier alpha value is -0.870. The smallest absolute Gasteiger partial charge is 0.223 e. The highest BCUT2D eigenvalue weighted by Crippen LogP contribution is 2.49. The molecule has 2 rings (SSSR count). The highest BCUT2D eigenvalue weighted by atomic mass is 32.1. The van der Waals surface area contributed by atoms with Gasteiger partial charge in [-0.2, -0.15) is 0 Å². The molecule has 1 aliphatic rings. The molecule has 16 heavy (non-hydrogen) atoms. The van der Waals surface area contributed by atoms with E-state index in [0.29, 0.717) is 18.9 Å². The summed E-state index contributed by atoms with van der Waals surface area (Å²) in [6.45, 7) is 2.81. The van der Waals surface area contributed by atoms with Gasteiger partial charge in [-0.15, -0.1) is 11.3 Å². The third kappa shape index (κ3) is 2.62. The fraction of sp³-hybridized carbons (Fsp3) is 0.583. The van der Waals surface area contributed by atoms with E-state index in [1.165, 1.54) is 9.75 Å². The lowest BCUT2D eigenvalue weighted by Crippen LogP contribution is -2.26. The first-order valence-electron chi connectivity index (χ1n) is 5.67. The number of carbonyl (C=O) groups excluding carboxylic acids is 1. The molecule has 1 amide bonds. The maximum atomic E-state index is 11.7. The Bertz CT molecular complexity index is 375. The number of nitrogens with one attached hydrogen (secondary N) is 1. The number of aliphatic hydroxyl groups excluding tert-OH is 1. The largest absolute Gasteiger partial charge is 0.396 e. The van der Waals surface area contributed by atoms with Gasteiger partial charge < -0.3 is 10.4 Å². The Morgan fingerprint density at radius 1 is 1.62 bits per heavy atom. The Morgan fingerprint density at radius 2 is 2.44 bits per heavy atom. The van der Waals surface area contributed by atoms with E-state index in [2.05, 4.69) is 24.4 Å². The monoisotopic (exact) mass is 239 g/mol.